The van der Waals surface area contributed by atoms with Crippen LogP contribution in [0.15, 0.2) is 41.2 Å². The topological polar surface area (TPSA) is 85.7 Å². The molecular weight excluding hydrogens is 525 g/mol. The molecule has 1 aliphatic heterocycles. The second-order valence-electron chi connectivity index (χ2n) is 10.2. The van der Waals surface area contributed by atoms with Crippen molar-refractivity contribution in [2.45, 2.75) is 38.3 Å². The number of carbonyl (C=O) groups excluding carboxylic acids is 1. The Bertz CT molecular complexity index is 1480. The largest absolute Gasteiger partial charge is 0.497 e. The van der Waals surface area contributed by atoms with Crippen LogP contribution in [0.3, 0.4) is 0 Å². The fourth-order valence-corrected chi connectivity index (χ4v) is 5.64. The molecule has 0 bridgehead atoms. The smallest absolute Gasteiger partial charge is 0.418 e. The molecular formula is C29H31F3N4O4. The number of ether oxygens (including phenoxy) is 2. The number of nitrogens with one attached hydrogen (secondary N) is 1. The molecule has 0 spiro atoms. The minimum atomic E-state index is -4.71. The van der Waals surface area contributed by atoms with Crippen LogP contribution in [0.5, 0.6) is 11.5 Å². The Balaban J connectivity index is 1.65. The van der Waals surface area contributed by atoms with Gasteiger partial charge in [-0.3, -0.25) is 9.59 Å². The monoisotopic (exact) mass is 556 g/mol. The van der Waals surface area contributed by atoms with Crippen molar-refractivity contribution in [1.29, 1.82) is 0 Å². The number of benzene rings is 2. The van der Waals surface area contributed by atoms with Gasteiger partial charge in [0, 0.05) is 49.4 Å². The van der Waals surface area contributed by atoms with Crippen molar-refractivity contribution in [2.75, 3.05) is 39.3 Å². The number of alkyl halides is 3. The van der Waals surface area contributed by atoms with Crippen LogP contribution >= 0.6 is 0 Å². The Morgan fingerprint density at radius 3 is 2.42 bits per heavy atom. The lowest BCUT2D eigenvalue weighted by atomic mass is 10.0. The van der Waals surface area contributed by atoms with Gasteiger partial charge in [-0.05, 0) is 67.5 Å². The van der Waals surface area contributed by atoms with Crippen LogP contribution in [-0.2, 0) is 23.8 Å². The van der Waals surface area contributed by atoms with Crippen molar-refractivity contribution in [1.82, 2.24) is 15.1 Å². The van der Waals surface area contributed by atoms with Gasteiger partial charge in [-0.1, -0.05) is 0 Å². The summed E-state index contributed by atoms with van der Waals surface area (Å²) in [6, 6.07) is 8.97. The summed E-state index contributed by atoms with van der Waals surface area (Å²) in [6.45, 7) is 1.12. The number of aromatic nitrogens is 2. The van der Waals surface area contributed by atoms with Gasteiger partial charge >= 0.3 is 6.18 Å². The molecule has 1 amide bonds. The first kappa shape index (κ1) is 27.5. The highest BCUT2D eigenvalue weighted by molar-refractivity contribution is 5.76. The molecule has 0 unspecified atom stereocenters. The summed E-state index contributed by atoms with van der Waals surface area (Å²) in [5.41, 5.74) is 0.942. The zero-order valence-electron chi connectivity index (χ0n) is 22.6. The first-order valence-corrected chi connectivity index (χ1v) is 13.2. The van der Waals surface area contributed by atoms with E-state index in [9.17, 15) is 22.8 Å². The fraction of sp³-hybridized carbons (Fsp3) is 0.414. The lowest BCUT2D eigenvalue weighted by molar-refractivity contribution is -0.137. The van der Waals surface area contributed by atoms with Crippen LogP contribution in [-0.4, -0.2) is 50.0 Å². The number of halogens is 3. The van der Waals surface area contributed by atoms with E-state index in [1.54, 1.807) is 25.2 Å². The molecule has 0 radical (unpaired) electrons. The lowest BCUT2D eigenvalue weighted by Gasteiger charge is -2.22. The molecule has 40 heavy (non-hydrogen) atoms. The van der Waals surface area contributed by atoms with Crippen LogP contribution in [0, 0.1) is 5.92 Å². The Morgan fingerprint density at radius 1 is 1.07 bits per heavy atom. The highest BCUT2D eigenvalue weighted by Gasteiger charge is 2.36. The predicted molar refractivity (Wildman–Crippen MR) is 144 cm³/mol. The fourth-order valence-electron chi connectivity index (χ4n) is 5.64. The first-order chi connectivity index (χ1) is 19.1. The highest BCUT2D eigenvalue weighted by Crippen LogP contribution is 2.38. The molecule has 5 rings (SSSR count). The number of hydrogen-bond donors (Lipinski definition) is 1. The predicted octanol–water partition coefficient (Wildman–Crippen LogP) is 4.39. The van der Waals surface area contributed by atoms with Crippen LogP contribution in [0.4, 0.5) is 18.9 Å². The number of fused-ring (bicyclic) bond motifs is 1. The Labute approximate surface area is 229 Å². The summed E-state index contributed by atoms with van der Waals surface area (Å²) in [5, 5.41) is 7.18. The second kappa shape index (κ2) is 10.9. The normalized spacial score (nSPS) is 16.6. The van der Waals surface area contributed by atoms with E-state index in [4.69, 9.17) is 9.47 Å². The molecule has 1 N–H and O–H groups in total. The van der Waals surface area contributed by atoms with Gasteiger partial charge in [0.15, 0.2) is 0 Å². The lowest BCUT2D eigenvalue weighted by Crippen LogP contribution is -2.29. The summed E-state index contributed by atoms with van der Waals surface area (Å²) in [7, 11) is 4.60. The zero-order chi connectivity index (χ0) is 28.6. The van der Waals surface area contributed by atoms with E-state index in [2.05, 4.69) is 10.4 Å². The molecule has 2 aliphatic rings. The molecule has 1 aromatic heterocycles. The van der Waals surface area contributed by atoms with Gasteiger partial charge in [0.1, 0.15) is 11.5 Å². The molecule has 1 saturated heterocycles. The minimum absolute atomic E-state index is 0.0736. The number of carbonyl (C=O) groups is 1. The maximum Gasteiger partial charge on any atom is 0.418 e. The van der Waals surface area contributed by atoms with Crippen LogP contribution in [0.25, 0.3) is 16.9 Å². The Morgan fingerprint density at radius 2 is 1.77 bits per heavy atom. The SMILES string of the molecule is CNC(=O)C[C@H]1CCN(c2ccc(C(F)(F)F)c(-n3nc(-c4cc(OC)cc(OC)c4)c4c(c3=O)CCC4)c2)C1. The van der Waals surface area contributed by atoms with E-state index in [0.717, 1.165) is 22.7 Å². The van der Waals surface area contributed by atoms with E-state index >= 15 is 0 Å². The summed E-state index contributed by atoms with van der Waals surface area (Å²) in [4.78, 5) is 27.4. The highest BCUT2D eigenvalue weighted by atomic mass is 19.4. The van der Waals surface area contributed by atoms with Gasteiger partial charge in [-0.25, -0.2) is 0 Å². The summed E-state index contributed by atoms with van der Waals surface area (Å²) >= 11 is 0. The number of rotatable bonds is 7. The van der Waals surface area contributed by atoms with Gasteiger partial charge in [-0.15, -0.1) is 0 Å². The maximum atomic E-state index is 14.3. The molecule has 212 valence electrons. The molecule has 1 fully saturated rings. The van der Waals surface area contributed by atoms with E-state index in [0.29, 0.717) is 72.8 Å². The molecule has 3 aromatic rings. The zero-order valence-corrected chi connectivity index (χ0v) is 22.6. The Hall–Kier alpha value is -4.02. The first-order valence-electron chi connectivity index (χ1n) is 13.2. The molecule has 2 heterocycles. The van der Waals surface area contributed by atoms with Gasteiger partial charge in [-0.2, -0.15) is 23.0 Å². The number of amides is 1. The number of hydrogen-bond acceptors (Lipinski definition) is 6. The van der Waals surface area contributed by atoms with Crippen molar-refractivity contribution < 1.29 is 27.4 Å². The average Bonchev–Trinajstić information content (AvgIpc) is 3.62. The summed E-state index contributed by atoms with van der Waals surface area (Å²) in [6.07, 6.45) is -1.86. The van der Waals surface area contributed by atoms with Crippen LogP contribution < -0.4 is 25.2 Å². The van der Waals surface area contributed by atoms with Crippen molar-refractivity contribution in [2.24, 2.45) is 5.92 Å². The van der Waals surface area contributed by atoms with Crippen LogP contribution in [0.1, 0.15) is 36.0 Å². The molecule has 11 heteroatoms. The van der Waals surface area contributed by atoms with E-state index in [-0.39, 0.29) is 17.5 Å². The quantitative estimate of drug-likeness (QED) is 0.465. The van der Waals surface area contributed by atoms with Gasteiger partial charge in [0.2, 0.25) is 5.91 Å². The molecule has 0 saturated carbocycles. The van der Waals surface area contributed by atoms with Crippen molar-refractivity contribution in [3.63, 3.8) is 0 Å². The molecule has 8 nitrogen and oxygen atoms in total. The third kappa shape index (κ3) is 5.24. The average molecular weight is 557 g/mol. The molecule has 2 aromatic carbocycles. The van der Waals surface area contributed by atoms with Gasteiger partial charge in [0.25, 0.3) is 5.56 Å². The van der Waals surface area contributed by atoms with Gasteiger partial charge in [0.05, 0.1) is 31.2 Å². The third-order valence-electron chi connectivity index (χ3n) is 7.70. The van der Waals surface area contributed by atoms with E-state index in [1.807, 2.05) is 4.90 Å². The Kier molecular flexibility index (Phi) is 7.48. The van der Waals surface area contributed by atoms with Crippen molar-refractivity contribution >= 4 is 11.6 Å². The summed E-state index contributed by atoms with van der Waals surface area (Å²) < 4.78 is 54.5. The number of methoxy groups -OCH3 is 2. The maximum absolute atomic E-state index is 14.3. The summed E-state index contributed by atoms with van der Waals surface area (Å²) in [5.74, 6) is 1.01. The molecule has 1 aliphatic carbocycles. The third-order valence-corrected chi connectivity index (χ3v) is 7.70. The van der Waals surface area contributed by atoms with Crippen LogP contribution in [0.2, 0.25) is 0 Å². The second-order valence-corrected chi connectivity index (χ2v) is 10.2. The van der Waals surface area contributed by atoms with Crippen molar-refractivity contribution in [3.8, 4) is 28.4 Å². The van der Waals surface area contributed by atoms with E-state index in [1.165, 1.54) is 26.4 Å². The number of nitrogens with zero attached hydrogens (tertiary/aromatic N) is 3. The molecule has 1 atom stereocenters. The minimum Gasteiger partial charge on any atom is -0.497 e. The van der Waals surface area contributed by atoms with Gasteiger partial charge < -0.3 is 19.7 Å². The number of anilines is 1. The van der Waals surface area contributed by atoms with E-state index < -0.39 is 17.3 Å². The van der Waals surface area contributed by atoms with Crippen molar-refractivity contribution in [3.05, 3.63) is 63.4 Å². The standard InChI is InChI=1S/C29H31F3N4O4/c1-33-26(37)11-17-9-10-35(16-17)19-7-8-24(29(30,31)32)25(14-19)36-28(38)23-6-4-5-22(23)27(34-36)18-12-20(39-2)15-21(13-18)40-3/h7-8,12-15,17H,4-6,9-11,16H2,1-3H3,(H,33,37)/t17-/m1/s1.